The van der Waals surface area contributed by atoms with E-state index in [0.29, 0.717) is 17.6 Å². The van der Waals surface area contributed by atoms with E-state index in [1.807, 2.05) is 18.2 Å². The second-order valence-electron chi connectivity index (χ2n) is 6.59. The normalized spacial score (nSPS) is 13.3. The SMILES string of the molecule is CC(C)(C)[C@@H](NCn1nnc2ccccc2c1=O)c1cccs1. The van der Waals surface area contributed by atoms with Crippen molar-refractivity contribution in [3.05, 3.63) is 57.0 Å². The first-order valence-electron chi connectivity index (χ1n) is 7.56. The third-order valence-corrected chi connectivity index (χ3v) is 4.71. The molecule has 6 heteroatoms. The second kappa shape index (κ2) is 6.22. The molecule has 0 unspecified atom stereocenters. The molecule has 3 aromatic rings. The number of rotatable bonds is 4. The minimum atomic E-state index is -0.123. The minimum absolute atomic E-state index is 0.0265. The first kappa shape index (κ1) is 15.8. The molecule has 0 radical (unpaired) electrons. The number of hydrogen-bond donors (Lipinski definition) is 1. The Morgan fingerprint density at radius 3 is 2.70 bits per heavy atom. The number of aromatic nitrogens is 3. The number of hydrogen-bond acceptors (Lipinski definition) is 5. The van der Waals surface area contributed by atoms with Gasteiger partial charge in [-0.15, -0.1) is 16.4 Å². The predicted molar refractivity (Wildman–Crippen MR) is 93.4 cm³/mol. The Balaban J connectivity index is 1.87. The lowest BCUT2D eigenvalue weighted by Gasteiger charge is -2.31. The smallest absolute Gasteiger partial charge is 0.278 e. The zero-order chi connectivity index (χ0) is 16.4. The fourth-order valence-corrected chi connectivity index (χ4v) is 3.64. The molecular weight excluding hydrogens is 308 g/mol. The standard InChI is InChI=1S/C17H20N4OS/c1-17(2,3)15(14-9-6-10-23-14)18-11-21-16(22)12-7-4-5-8-13(12)19-20-21/h4-10,15,18H,11H2,1-3H3/t15-/m0/s1. The zero-order valence-electron chi connectivity index (χ0n) is 13.5. The molecule has 0 aliphatic heterocycles. The van der Waals surface area contributed by atoms with Crippen LogP contribution in [-0.4, -0.2) is 15.0 Å². The summed E-state index contributed by atoms with van der Waals surface area (Å²) >= 11 is 1.71. The van der Waals surface area contributed by atoms with Crippen LogP contribution < -0.4 is 10.9 Å². The van der Waals surface area contributed by atoms with Gasteiger partial charge in [-0.1, -0.05) is 44.2 Å². The predicted octanol–water partition coefficient (Wildman–Crippen LogP) is 3.19. The van der Waals surface area contributed by atoms with Gasteiger partial charge in [-0.05, 0) is 29.0 Å². The number of nitrogens with one attached hydrogen (secondary N) is 1. The van der Waals surface area contributed by atoms with Crippen LogP contribution in [0.25, 0.3) is 10.9 Å². The van der Waals surface area contributed by atoms with Crippen LogP contribution in [0.15, 0.2) is 46.6 Å². The number of nitrogens with zero attached hydrogens (tertiary/aromatic N) is 3. The maximum atomic E-state index is 12.5. The molecule has 1 atom stereocenters. The van der Waals surface area contributed by atoms with Crippen molar-refractivity contribution in [2.45, 2.75) is 33.5 Å². The Hall–Kier alpha value is -2.05. The zero-order valence-corrected chi connectivity index (χ0v) is 14.3. The quantitative estimate of drug-likeness (QED) is 0.799. The molecule has 2 heterocycles. The molecule has 0 aliphatic rings. The first-order valence-corrected chi connectivity index (χ1v) is 8.44. The van der Waals surface area contributed by atoms with Gasteiger partial charge in [-0.3, -0.25) is 10.1 Å². The Labute approximate surface area is 139 Å². The molecule has 0 amide bonds. The highest BCUT2D eigenvalue weighted by molar-refractivity contribution is 7.10. The molecule has 5 nitrogen and oxygen atoms in total. The van der Waals surface area contributed by atoms with E-state index in [1.165, 1.54) is 9.56 Å². The van der Waals surface area contributed by atoms with E-state index < -0.39 is 0 Å². The monoisotopic (exact) mass is 328 g/mol. The summed E-state index contributed by atoms with van der Waals surface area (Å²) in [6.07, 6.45) is 0. The van der Waals surface area contributed by atoms with Crippen LogP contribution in [0.3, 0.4) is 0 Å². The van der Waals surface area contributed by atoms with Crippen LogP contribution in [0.2, 0.25) is 0 Å². The van der Waals surface area contributed by atoms with Gasteiger partial charge >= 0.3 is 0 Å². The topological polar surface area (TPSA) is 59.8 Å². The molecule has 2 aromatic heterocycles. The molecule has 0 fully saturated rings. The van der Waals surface area contributed by atoms with Gasteiger partial charge in [-0.25, -0.2) is 0 Å². The summed E-state index contributed by atoms with van der Waals surface area (Å²) < 4.78 is 1.38. The molecule has 0 saturated heterocycles. The Kier molecular flexibility index (Phi) is 4.28. The molecule has 120 valence electrons. The fraction of sp³-hybridized carbons (Fsp3) is 0.353. The first-order chi connectivity index (χ1) is 11.0. The molecule has 1 aromatic carbocycles. The van der Waals surface area contributed by atoms with Gasteiger partial charge in [0.2, 0.25) is 0 Å². The van der Waals surface area contributed by atoms with Gasteiger partial charge in [0.1, 0.15) is 5.52 Å². The van der Waals surface area contributed by atoms with Crippen LogP contribution in [0.4, 0.5) is 0 Å². The largest absolute Gasteiger partial charge is 0.290 e. The third-order valence-electron chi connectivity index (χ3n) is 3.77. The van der Waals surface area contributed by atoms with Crippen molar-refractivity contribution >= 4 is 22.2 Å². The lowest BCUT2D eigenvalue weighted by Crippen LogP contribution is -2.37. The molecule has 0 aliphatic carbocycles. The van der Waals surface area contributed by atoms with Crippen molar-refractivity contribution < 1.29 is 0 Å². The summed E-state index contributed by atoms with van der Waals surface area (Å²) in [5.74, 6) is 0. The molecule has 1 N–H and O–H groups in total. The van der Waals surface area contributed by atoms with Crippen molar-refractivity contribution in [1.29, 1.82) is 0 Å². The van der Waals surface area contributed by atoms with E-state index in [4.69, 9.17) is 0 Å². The van der Waals surface area contributed by atoms with E-state index in [1.54, 1.807) is 23.5 Å². The Bertz CT molecular complexity index is 849. The summed E-state index contributed by atoms with van der Waals surface area (Å²) in [6, 6.07) is 11.6. The molecule has 0 saturated carbocycles. The van der Waals surface area contributed by atoms with Gasteiger partial charge in [-0.2, -0.15) is 4.68 Å². The van der Waals surface area contributed by atoms with E-state index in [-0.39, 0.29) is 17.0 Å². The lowest BCUT2D eigenvalue weighted by molar-refractivity contribution is 0.252. The van der Waals surface area contributed by atoms with Crippen molar-refractivity contribution in [2.75, 3.05) is 0 Å². The summed E-state index contributed by atoms with van der Waals surface area (Å²) in [6.45, 7) is 6.87. The number of thiophene rings is 1. The van der Waals surface area contributed by atoms with Crippen molar-refractivity contribution in [1.82, 2.24) is 20.3 Å². The van der Waals surface area contributed by atoms with Gasteiger partial charge in [0.25, 0.3) is 5.56 Å². The average Bonchev–Trinajstić information content (AvgIpc) is 3.02. The van der Waals surface area contributed by atoms with Gasteiger partial charge in [0, 0.05) is 10.9 Å². The van der Waals surface area contributed by atoms with Crippen molar-refractivity contribution in [3.63, 3.8) is 0 Å². The molecule has 23 heavy (non-hydrogen) atoms. The van der Waals surface area contributed by atoms with E-state index in [0.717, 1.165) is 0 Å². The van der Waals surface area contributed by atoms with Crippen LogP contribution in [0, 0.1) is 5.41 Å². The fourth-order valence-electron chi connectivity index (χ4n) is 2.59. The summed E-state index contributed by atoms with van der Waals surface area (Å²) in [5, 5.41) is 14.3. The summed E-state index contributed by atoms with van der Waals surface area (Å²) in [4.78, 5) is 13.7. The average molecular weight is 328 g/mol. The van der Waals surface area contributed by atoms with E-state index in [9.17, 15) is 4.79 Å². The summed E-state index contributed by atoms with van der Waals surface area (Å²) in [7, 11) is 0. The van der Waals surface area contributed by atoms with Crippen LogP contribution in [0.1, 0.15) is 31.7 Å². The Morgan fingerprint density at radius 2 is 2.00 bits per heavy atom. The van der Waals surface area contributed by atoms with E-state index >= 15 is 0 Å². The highest BCUT2D eigenvalue weighted by Gasteiger charge is 2.26. The number of benzene rings is 1. The third kappa shape index (κ3) is 3.33. The van der Waals surface area contributed by atoms with Crippen LogP contribution in [0.5, 0.6) is 0 Å². The lowest BCUT2D eigenvalue weighted by atomic mass is 9.86. The van der Waals surface area contributed by atoms with Crippen molar-refractivity contribution in [2.24, 2.45) is 5.41 Å². The molecule has 0 bridgehead atoms. The van der Waals surface area contributed by atoms with Gasteiger partial charge in [0.15, 0.2) is 0 Å². The van der Waals surface area contributed by atoms with Gasteiger partial charge in [0.05, 0.1) is 12.1 Å². The number of fused-ring (bicyclic) bond motifs is 1. The Morgan fingerprint density at radius 1 is 1.22 bits per heavy atom. The molecule has 3 rings (SSSR count). The highest BCUT2D eigenvalue weighted by Crippen LogP contribution is 2.34. The van der Waals surface area contributed by atoms with Crippen LogP contribution >= 0.6 is 11.3 Å². The maximum Gasteiger partial charge on any atom is 0.278 e. The minimum Gasteiger partial charge on any atom is -0.290 e. The highest BCUT2D eigenvalue weighted by atomic mass is 32.1. The molecule has 0 spiro atoms. The van der Waals surface area contributed by atoms with Crippen molar-refractivity contribution in [3.8, 4) is 0 Å². The second-order valence-corrected chi connectivity index (χ2v) is 7.57. The maximum absolute atomic E-state index is 12.5. The van der Waals surface area contributed by atoms with Gasteiger partial charge < -0.3 is 0 Å². The molecular formula is C17H20N4OS. The van der Waals surface area contributed by atoms with E-state index in [2.05, 4.69) is 47.8 Å². The summed E-state index contributed by atoms with van der Waals surface area (Å²) in [5.41, 5.74) is 0.528. The van der Waals surface area contributed by atoms with Crippen LogP contribution in [-0.2, 0) is 6.67 Å².